The Bertz CT molecular complexity index is 565. The molecule has 6 heteroatoms. The Morgan fingerprint density at radius 1 is 1.35 bits per heavy atom. The summed E-state index contributed by atoms with van der Waals surface area (Å²) in [5.74, 6) is 1.99. The van der Waals surface area contributed by atoms with Crippen molar-refractivity contribution in [3.05, 3.63) is 35.9 Å². The standard InChI is InChI=1S/C20H31N3O2.HI/c1-4-25-19(24)11-8-13-22-20(21-3)23-14-12-18(16(2)15-23)17-9-6-5-7-10-17;/h5-7,9-10,16,18H,4,8,11-15H2,1-3H3,(H,21,22);1H. The third kappa shape index (κ3) is 6.78. The predicted molar refractivity (Wildman–Crippen MR) is 117 cm³/mol. The number of guanidine groups is 1. The molecule has 1 aromatic carbocycles. The number of rotatable bonds is 6. The van der Waals surface area contributed by atoms with Crippen LogP contribution in [0.5, 0.6) is 0 Å². The van der Waals surface area contributed by atoms with Gasteiger partial charge in [-0.15, -0.1) is 24.0 Å². The lowest BCUT2D eigenvalue weighted by molar-refractivity contribution is -0.143. The van der Waals surface area contributed by atoms with Gasteiger partial charge in [0, 0.05) is 33.1 Å². The molecule has 2 rings (SSSR count). The maximum Gasteiger partial charge on any atom is 0.305 e. The van der Waals surface area contributed by atoms with Gasteiger partial charge in [-0.05, 0) is 37.2 Å². The molecule has 1 heterocycles. The van der Waals surface area contributed by atoms with E-state index in [1.807, 2.05) is 14.0 Å². The molecule has 1 aliphatic heterocycles. The van der Waals surface area contributed by atoms with Crippen molar-refractivity contribution in [2.45, 2.75) is 39.0 Å². The lowest BCUT2D eigenvalue weighted by atomic mass is 9.82. The lowest BCUT2D eigenvalue weighted by Crippen LogP contribution is -2.48. The predicted octanol–water partition coefficient (Wildman–Crippen LogP) is 3.65. The van der Waals surface area contributed by atoms with E-state index < -0.39 is 0 Å². The van der Waals surface area contributed by atoms with Gasteiger partial charge in [-0.25, -0.2) is 0 Å². The van der Waals surface area contributed by atoms with Crippen molar-refractivity contribution in [3.8, 4) is 0 Å². The van der Waals surface area contributed by atoms with Crippen LogP contribution in [-0.2, 0) is 9.53 Å². The minimum atomic E-state index is -0.128. The van der Waals surface area contributed by atoms with Crippen molar-refractivity contribution in [3.63, 3.8) is 0 Å². The second-order valence-corrected chi connectivity index (χ2v) is 6.61. The molecular formula is C20H32IN3O2. The van der Waals surface area contributed by atoms with Crippen LogP contribution >= 0.6 is 24.0 Å². The molecule has 0 amide bonds. The molecule has 1 saturated heterocycles. The topological polar surface area (TPSA) is 53.9 Å². The molecule has 2 atom stereocenters. The highest BCUT2D eigenvalue weighted by atomic mass is 127. The van der Waals surface area contributed by atoms with E-state index >= 15 is 0 Å². The fraction of sp³-hybridized carbons (Fsp3) is 0.600. The highest BCUT2D eigenvalue weighted by Gasteiger charge is 2.28. The van der Waals surface area contributed by atoms with Crippen LogP contribution in [0.2, 0.25) is 0 Å². The number of carbonyl (C=O) groups is 1. The number of halogens is 1. The Balaban J connectivity index is 0.00000338. The summed E-state index contributed by atoms with van der Waals surface area (Å²) < 4.78 is 4.95. The molecule has 0 aliphatic carbocycles. The van der Waals surface area contributed by atoms with Crippen molar-refractivity contribution in [2.24, 2.45) is 10.9 Å². The molecule has 0 saturated carbocycles. The molecular weight excluding hydrogens is 441 g/mol. The minimum absolute atomic E-state index is 0. The average Bonchev–Trinajstić information content (AvgIpc) is 2.63. The highest BCUT2D eigenvalue weighted by molar-refractivity contribution is 14.0. The van der Waals surface area contributed by atoms with Crippen molar-refractivity contribution in [1.82, 2.24) is 10.2 Å². The third-order valence-electron chi connectivity index (χ3n) is 4.79. The normalized spacial score (nSPS) is 20.3. The number of nitrogens with one attached hydrogen (secondary N) is 1. The Labute approximate surface area is 174 Å². The molecule has 26 heavy (non-hydrogen) atoms. The van der Waals surface area contributed by atoms with E-state index in [0.29, 0.717) is 24.9 Å². The SMILES string of the molecule is CCOC(=O)CCCNC(=NC)N1CCC(c2ccccc2)C(C)C1.I. The molecule has 1 fully saturated rings. The van der Waals surface area contributed by atoms with E-state index in [1.54, 1.807) is 0 Å². The van der Waals surface area contributed by atoms with Crippen molar-refractivity contribution < 1.29 is 9.53 Å². The first-order valence-corrected chi connectivity index (χ1v) is 9.31. The van der Waals surface area contributed by atoms with Gasteiger partial charge in [0.15, 0.2) is 5.96 Å². The summed E-state index contributed by atoms with van der Waals surface area (Å²) in [5.41, 5.74) is 1.44. The highest BCUT2D eigenvalue weighted by Crippen LogP contribution is 2.32. The van der Waals surface area contributed by atoms with Crippen molar-refractivity contribution >= 4 is 35.9 Å². The largest absolute Gasteiger partial charge is 0.466 e. The van der Waals surface area contributed by atoms with E-state index in [2.05, 4.69) is 52.5 Å². The lowest BCUT2D eigenvalue weighted by Gasteiger charge is -2.39. The van der Waals surface area contributed by atoms with Gasteiger partial charge in [0.1, 0.15) is 0 Å². The first-order valence-electron chi connectivity index (χ1n) is 9.31. The van der Waals surface area contributed by atoms with Gasteiger partial charge in [-0.3, -0.25) is 9.79 Å². The molecule has 0 radical (unpaired) electrons. The molecule has 5 nitrogen and oxygen atoms in total. The van der Waals surface area contributed by atoms with Gasteiger partial charge in [0.25, 0.3) is 0 Å². The van der Waals surface area contributed by atoms with Gasteiger partial charge < -0.3 is 15.0 Å². The Kier molecular flexibility index (Phi) is 10.6. The number of benzene rings is 1. The van der Waals surface area contributed by atoms with Crippen LogP contribution in [0.3, 0.4) is 0 Å². The second kappa shape index (κ2) is 12.1. The molecule has 1 aliphatic rings. The van der Waals surface area contributed by atoms with Crippen LogP contribution in [0.4, 0.5) is 0 Å². The number of aliphatic imine (C=N–C) groups is 1. The summed E-state index contributed by atoms with van der Waals surface area (Å²) in [6.45, 7) is 7.33. The first kappa shape index (κ1) is 22.7. The van der Waals surface area contributed by atoms with Gasteiger partial charge in [-0.1, -0.05) is 37.3 Å². The maximum absolute atomic E-state index is 11.4. The summed E-state index contributed by atoms with van der Waals surface area (Å²) in [6.07, 6.45) is 2.34. The molecule has 0 aromatic heterocycles. The van der Waals surface area contributed by atoms with Gasteiger partial charge >= 0.3 is 5.97 Å². The van der Waals surface area contributed by atoms with Crippen LogP contribution < -0.4 is 5.32 Å². The Morgan fingerprint density at radius 2 is 2.08 bits per heavy atom. The summed E-state index contributed by atoms with van der Waals surface area (Å²) in [6, 6.07) is 10.8. The first-order chi connectivity index (χ1) is 12.2. The number of carbonyl (C=O) groups excluding carboxylic acids is 1. The van der Waals surface area contributed by atoms with Crippen LogP contribution in [0.15, 0.2) is 35.3 Å². The third-order valence-corrected chi connectivity index (χ3v) is 4.79. The maximum atomic E-state index is 11.4. The van der Waals surface area contributed by atoms with Gasteiger partial charge in [-0.2, -0.15) is 0 Å². The number of hydrogen-bond donors (Lipinski definition) is 1. The van der Waals surface area contributed by atoms with E-state index in [4.69, 9.17) is 4.74 Å². The average molecular weight is 473 g/mol. The summed E-state index contributed by atoms with van der Waals surface area (Å²) >= 11 is 0. The van der Waals surface area contributed by atoms with Crippen LogP contribution in [0, 0.1) is 5.92 Å². The van der Waals surface area contributed by atoms with Crippen LogP contribution in [-0.4, -0.2) is 50.1 Å². The van der Waals surface area contributed by atoms with E-state index in [9.17, 15) is 4.79 Å². The quantitative estimate of drug-likeness (QED) is 0.225. The molecule has 0 spiro atoms. The Hall–Kier alpha value is -1.31. The zero-order valence-corrected chi connectivity index (χ0v) is 18.4. The number of esters is 1. The molecule has 1 N–H and O–H groups in total. The second-order valence-electron chi connectivity index (χ2n) is 6.61. The van der Waals surface area contributed by atoms with Crippen molar-refractivity contribution in [1.29, 1.82) is 0 Å². The number of ether oxygens (including phenoxy) is 1. The summed E-state index contributed by atoms with van der Waals surface area (Å²) in [4.78, 5) is 18.1. The fourth-order valence-electron chi connectivity index (χ4n) is 3.53. The molecule has 0 bridgehead atoms. The zero-order chi connectivity index (χ0) is 18.1. The molecule has 1 aromatic rings. The number of nitrogens with zero attached hydrogens (tertiary/aromatic N) is 2. The monoisotopic (exact) mass is 473 g/mol. The fourth-order valence-corrected chi connectivity index (χ4v) is 3.53. The van der Waals surface area contributed by atoms with E-state index in [-0.39, 0.29) is 29.9 Å². The Morgan fingerprint density at radius 3 is 2.69 bits per heavy atom. The van der Waals surface area contributed by atoms with E-state index in [1.165, 1.54) is 5.56 Å². The minimum Gasteiger partial charge on any atom is -0.466 e. The number of likely N-dealkylation sites (tertiary alicyclic amines) is 1. The van der Waals surface area contributed by atoms with Crippen LogP contribution in [0.25, 0.3) is 0 Å². The zero-order valence-electron chi connectivity index (χ0n) is 16.1. The number of piperidine rings is 1. The summed E-state index contributed by atoms with van der Waals surface area (Å²) in [7, 11) is 1.82. The molecule has 2 unspecified atom stereocenters. The van der Waals surface area contributed by atoms with Crippen molar-refractivity contribution in [2.75, 3.05) is 33.3 Å². The van der Waals surface area contributed by atoms with Gasteiger partial charge in [0.05, 0.1) is 6.61 Å². The smallest absolute Gasteiger partial charge is 0.305 e. The molecule has 146 valence electrons. The summed E-state index contributed by atoms with van der Waals surface area (Å²) in [5, 5.41) is 3.38. The van der Waals surface area contributed by atoms with Gasteiger partial charge in [0.2, 0.25) is 0 Å². The number of hydrogen-bond acceptors (Lipinski definition) is 3. The van der Waals surface area contributed by atoms with Crippen LogP contribution in [0.1, 0.15) is 44.6 Å². The van der Waals surface area contributed by atoms with E-state index in [0.717, 1.165) is 38.4 Å².